The van der Waals surface area contributed by atoms with Gasteiger partial charge in [0.2, 0.25) is 11.8 Å². The highest BCUT2D eigenvalue weighted by Crippen LogP contribution is 2.24. The number of hydrogen-bond acceptors (Lipinski definition) is 5. The molecule has 5 heteroatoms. The molecule has 2 heterocycles. The van der Waals surface area contributed by atoms with Gasteiger partial charge < -0.3 is 15.4 Å². The molecular weight excluding hydrogens is 240 g/mol. The Morgan fingerprint density at radius 1 is 1.37 bits per heavy atom. The molecule has 106 valence electrons. The average Bonchev–Trinajstić information content (AvgIpc) is 2.40. The summed E-state index contributed by atoms with van der Waals surface area (Å²) in [5, 5.41) is 0. The monoisotopic (exact) mass is 264 g/mol. The summed E-state index contributed by atoms with van der Waals surface area (Å²) >= 11 is 0. The summed E-state index contributed by atoms with van der Waals surface area (Å²) in [6.45, 7) is 7.40. The van der Waals surface area contributed by atoms with Gasteiger partial charge in [0, 0.05) is 24.8 Å². The van der Waals surface area contributed by atoms with Crippen molar-refractivity contribution in [2.45, 2.75) is 33.1 Å². The van der Waals surface area contributed by atoms with E-state index >= 15 is 0 Å². The maximum absolute atomic E-state index is 5.62. The van der Waals surface area contributed by atoms with Crippen molar-refractivity contribution < 1.29 is 4.74 Å². The molecule has 1 saturated heterocycles. The van der Waals surface area contributed by atoms with Crippen molar-refractivity contribution in [3.05, 3.63) is 11.8 Å². The Hall–Kier alpha value is -1.36. The number of nitrogens with two attached hydrogens (primary N) is 1. The third-order valence-electron chi connectivity index (χ3n) is 3.58. The molecule has 0 atom stereocenters. The Labute approximate surface area is 115 Å². The highest BCUT2D eigenvalue weighted by atomic mass is 16.5. The highest BCUT2D eigenvalue weighted by Gasteiger charge is 2.21. The van der Waals surface area contributed by atoms with Crippen molar-refractivity contribution in [3.8, 4) is 5.88 Å². The lowest BCUT2D eigenvalue weighted by atomic mass is 9.94. The van der Waals surface area contributed by atoms with Crippen LogP contribution >= 0.6 is 0 Å². The summed E-state index contributed by atoms with van der Waals surface area (Å²) in [4.78, 5) is 11.3. The van der Waals surface area contributed by atoms with Crippen molar-refractivity contribution in [2.24, 2.45) is 11.7 Å². The maximum Gasteiger partial charge on any atom is 0.228 e. The van der Waals surface area contributed by atoms with Gasteiger partial charge in [0.05, 0.1) is 6.61 Å². The molecule has 2 rings (SSSR count). The molecule has 0 aliphatic carbocycles. The molecule has 0 amide bonds. The maximum atomic E-state index is 5.62. The molecular formula is C14H24N4O. The Morgan fingerprint density at radius 3 is 2.74 bits per heavy atom. The van der Waals surface area contributed by atoms with Gasteiger partial charge in [-0.25, -0.2) is 4.98 Å². The Kier molecular flexibility index (Phi) is 4.96. The van der Waals surface area contributed by atoms with Crippen LogP contribution in [0.15, 0.2) is 6.07 Å². The quantitative estimate of drug-likeness (QED) is 0.877. The molecule has 0 spiro atoms. The first kappa shape index (κ1) is 14.1. The molecule has 5 nitrogen and oxygen atoms in total. The van der Waals surface area contributed by atoms with E-state index < -0.39 is 0 Å². The number of ether oxygens (including phenoxy) is 1. The van der Waals surface area contributed by atoms with Crippen molar-refractivity contribution in [1.29, 1.82) is 0 Å². The van der Waals surface area contributed by atoms with Crippen LogP contribution in [0, 0.1) is 12.8 Å². The van der Waals surface area contributed by atoms with E-state index in [0.717, 1.165) is 43.6 Å². The van der Waals surface area contributed by atoms with Crippen molar-refractivity contribution in [2.75, 3.05) is 31.1 Å². The minimum absolute atomic E-state index is 0.633. The normalized spacial score (nSPS) is 16.7. The predicted molar refractivity (Wildman–Crippen MR) is 76.5 cm³/mol. The van der Waals surface area contributed by atoms with Crippen LogP contribution in [-0.2, 0) is 0 Å². The van der Waals surface area contributed by atoms with Gasteiger partial charge in [-0.05, 0) is 45.6 Å². The van der Waals surface area contributed by atoms with E-state index in [2.05, 4.69) is 14.9 Å². The van der Waals surface area contributed by atoms with E-state index in [1.54, 1.807) is 0 Å². The summed E-state index contributed by atoms with van der Waals surface area (Å²) in [6, 6.07) is 1.88. The first-order chi connectivity index (χ1) is 9.22. The molecule has 1 fully saturated rings. The molecule has 1 aliphatic heterocycles. The Morgan fingerprint density at radius 2 is 2.11 bits per heavy atom. The van der Waals surface area contributed by atoms with E-state index in [4.69, 9.17) is 10.5 Å². The second kappa shape index (κ2) is 6.70. The second-order valence-corrected chi connectivity index (χ2v) is 5.09. The number of nitrogens with zero attached hydrogens (tertiary/aromatic N) is 3. The van der Waals surface area contributed by atoms with E-state index in [-0.39, 0.29) is 0 Å². The summed E-state index contributed by atoms with van der Waals surface area (Å²) in [5.41, 5.74) is 6.58. The van der Waals surface area contributed by atoms with Gasteiger partial charge in [0.1, 0.15) is 0 Å². The second-order valence-electron chi connectivity index (χ2n) is 5.09. The average molecular weight is 264 g/mol. The number of anilines is 1. The van der Waals surface area contributed by atoms with E-state index in [9.17, 15) is 0 Å². The molecule has 0 saturated carbocycles. The zero-order valence-corrected chi connectivity index (χ0v) is 11.9. The summed E-state index contributed by atoms with van der Waals surface area (Å²) in [7, 11) is 0. The Balaban J connectivity index is 2.02. The van der Waals surface area contributed by atoms with Gasteiger partial charge in [-0.2, -0.15) is 4.98 Å². The fraction of sp³-hybridized carbons (Fsp3) is 0.714. The van der Waals surface area contributed by atoms with E-state index in [1.807, 2.05) is 19.9 Å². The van der Waals surface area contributed by atoms with Gasteiger partial charge in [-0.3, -0.25) is 0 Å². The highest BCUT2D eigenvalue weighted by molar-refractivity contribution is 5.34. The molecule has 1 aromatic rings. The van der Waals surface area contributed by atoms with Crippen LogP contribution < -0.4 is 15.4 Å². The number of piperidine rings is 1. The lowest BCUT2D eigenvalue weighted by Crippen LogP contribution is -2.35. The first-order valence-corrected chi connectivity index (χ1v) is 7.16. The SMILES string of the molecule is CCOc1cc(C)nc(N2CCC(CCN)CC2)n1. The number of hydrogen-bond donors (Lipinski definition) is 1. The van der Waals surface area contributed by atoms with Crippen LogP contribution in [0.3, 0.4) is 0 Å². The lowest BCUT2D eigenvalue weighted by molar-refractivity contribution is 0.324. The van der Waals surface area contributed by atoms with Crippen molar-refractivity contribution in [3.63, 3.8) is 0 Å². The van der Waals surface area contributed by atoms with Gasteiger partial charge in [0.15, 0.2) is 0 Å². The molecule has 1 aromatic heterocycles. The molecule has 0 aromatic carbocycles. The van der Waals surface area contributed by atoms with Crippen LogP contribution in [0.5, 0.6) is 5.88 Å². The van der Waals surface area contributed by atoms with Crippen LogP contribution in [0.4, 0.5) is 5.95 Å². The minimum Gasteiger partial charge on any atom is -0.478 e. The summed E-state index contributed by atoms with van der Waals surface area (Å²) in [5.74, 6) is 2.24. The summed E-state index contributed by atoms with van der Waals surface area (Å²) < 4.78 is 5.48. The largest absolute Gasteiger partial charge is 0.478 e. The van der Waals surface area contributed by atoms with Gasteiger partial charge in [-0.1, -0.05) is 0 Å². The molecule has 0 radical (unpaired) electrons. The fourth-order valence-corrected chi connectivity index (χ4v) is 2.55. The van der Waals surface area contributed by atoms with Crippen LogP contribution in [0.25, 0.3) is 0 Å². The van der Waals surface area contributed by atoms with Crippen LogP contribution in [-0.4, -0.2) is 36.2 Å². The lowest BCUT2D eigenvalue weighted by Gasteiger charge is -2.32. The fourth-order valence-electron chi connectivity index (χ4n) is 2.55. The number of rotatable bonds is 5. The molecule has 0 bridgehead atoms. The predicted octanol–water partition coefficient (Wildman–Crippen LogP) is 1.75. The molecule has 1 aliphatic rings. The number of aromatic nitrogens is 2. The third kappa shape index (κ3) is 3.80. The van der Waals surface area contributed by atoms with E-state index in [1.165, 1.54) is 12.8 Å². The van der Waals surface area contributed by atoms with Gasteiger partial charge in [-0.15, -0.1) is 0 Å². The zero-order chi connectivity index (χ0) is 13.7. The van der Waals surface area contributed by atoms with Crippen molar-refractivity contribution in [1.82, 2.24) is 9.97 Å². The topological polar surface area (TPSA) is 64.3 Å². The molecule has 2 N–H and O–H groups in total. The van der Waals surface area contributed by atoms with E-state index in [0.29, 0.717) is 12.5 Å². The van der Waals surface area contributed by atoms with Gasteiger partial charge >= 0.3 is 0 Å². The minimum atomic E-state index is 0.633. The van der Waals surface area contributed by atoms with Crippen molar-refractivity contribution >= 4 is 5.95 Å². The van der Waals surface area contributed by atoms with Crippen LogP contribution in [0.1, 0.15) is 31.9 Å². The molecule has 19 heavy (non-hydrogen) atoms. The Bertz CT molecular complexity index is 402. The first-order valence-electron chi connectivity index (χ1n) is 7.16. The standard InChI is InChI=1S/C14H24N4O/c1-3-19-13-10-11(2)16-14(17-13)18-8-5-12(4-7-15)6-9-18/h10,12H,3-9,15H2,1-2H3. The van der Waals surface area contributed by atoms with Gasteiger partial charge in [0.25, 0.3) is 0 Å². The molecule has 0 unspecified atom stereocenters. The zero-order valence-electron chi connectivity index (χ0n) is 11.9. The summed E-state index contributed by atoms with van der Waals surface area (Å²) in [6.07, 6.45) is 3.49. The third-order valence-corrected chi connectivity index (χ3v) is 3.58. The smallest absolute Gasteiger partial charge is 0.228 e. The number of aryl methyl sites for hydroxylation is 1. The van der Waals surface area contributed by atoms with Crippen LogP contribution in [0.2, 0.25) is 0 Å².